The number of rotatable bonds is 4. The average molecular weight is 359 g/mol. The molecule has 0 bridgehead atoms. The van der Waals surface area contributed by atoms with Crippen LogP contribution in [0.4, 0.5) is 11.8 Å². The third-order valence-electron chi connectivity index (χ3n) is 4.65. The van der Waals surface area contributed by atoms with Crippen LogP contribution in [0.5, 0.6) is 0 Å². The number of nitrogen functional groups attached to an aromatic ring is 1. The summed E-state index contributed by atoms with van der Waals surface area (Å²) in [7, 11) is 0. The molecule has 1 aliphatic rings. The van der Waals surface area contributed by atoms with Crippen molar-refractivity contribution in [3.8, 4) is 0 Å². The predicted molar refractivity (Wildman–Crippen MR) is 99.1 cm³/mol. The first-order valence-electron chi connectivity index (χ1n) is 8.80. The lowest BCUT2D eigenvalue weighted by Crippen LogP contribution is -2.50. The van der Waals surface area contributed by atoms with E-state index in [0.29, 0.717) is 32.0 Å². The fourth-order valence-electron chi connectivity index (χ4n) is 3.26. The summed E-state index contributed by atoms with van der Waals surface area (Å²) in [5, 5.41) is 0. The zero-order valence-corrected chi connectivity index (χ0v) is 15.3. The Morgan fingerprint density at radius 2 is 1.92 bits per heavy atom. The van der Waals surface area contributed by atoms with Crippen LogP contribution in [0.2, 0.25) is 0 Å². The molecule has 1 aliphatic heterocycles. The first-order valence-corrected chi connectivity index (χ1v) is 8.80. The van der Waals surface area contributed by atoms with Crippen LogP contribution < -0.4 is 16.2 Å². The second kappa shape index (κ2) is 7.19. The minimum Gasteiger partial charge on any atom is -0.369 e. The molecule has 3 heterocycles. The highest BCUT2D eigenvalue weighted by Gasteiger charge is 2.27. The van der Waals surface area contributed by atoms with Gasteiger partial charge < -0.3 is 20.1 Å². The third kappa shape index (κ3) is 3.56. The molecule has 0 aromatic carbocycles. The van der Waals surface area contributed by atoms with Crippen molar-refractivity contribution < 1.29 is 4.79 Å². The summed E-state index contributed by atoms with van der Waals surface area (Å²) in [6.45, 7) is 8.39. The highest BCUT2D eigenvalue weighted by Crippen LogP contribution is 2.20. The van der Waals surface area contributed by atoms with Gasteiger partial charge in [0.25, 0.3) is 5.56 Å². The molecule has 0 spiro atoms. The molecular weight excluding hydrogens is 334 g/mol. The predicted octanol–water partition coefficient (Wildman–Crippen LogP) is 0.582. The summed E-state index contributed by atoms with van der Waals surface area (Å²) in [6.07, 6.45) is 3.59. The molecule has 0 unspecified atom stereocenters. The van der Waals surface area contributed by atoms with Crippen molar-refractivity contribution >= 4 is 17.7 Å². The van der Waals surface area contributed by atoms with Crippen LogP contribution in [0, 0.1) is 0 Å². The van der Waals surface area contributed by atoms with E-state index in [9.17, 15) is 9.59 Å². The number of anilines is 2. The van der Waals surface area contributed by atoms with E-state index in [1.807, 2.05) is 27.5 Å². The number of carbonyl (C=O) groups excluding carboxylic acids is 1. The first kappa shape index (κ1) is 18.0. The SMILES string of the molecule is CC(C)c1nccn1[C@@H](C)C(=O)N1CCN(c2cc(=O)[nH]c(N)n2)CC1. The Morgan fingerprint density at radius 1 is 1.23 bits per heavy atom. The van der Waals surface area contributed by atoms with E-state index < -0.39 is 0 Å². The molecule has 140 valence electrons. The Labute approximate surface area is 151 Å². The number of aromatic amines is 1. The molecule has 26 heavy (non-hydrogen) atoms. The minimum absolute atomic E-state index is 0.0722. The van der Waals surface area contributed by atoms with E-state index in [1.165, 1.54) is 6.07 Å². The maximum Gasteiger partial charge on any atom is 0.254 e. The zero-order chi connectivity index (χ0) is 18.8. The van der Waals surface area contributed by atoms with Crippen LogP contribution in [0.1, 0.15) is 38.6 Å². The van der Waals surface area contributed by atoms with Crippen molar-refractivity contribution in [3.05, 3.63) is 34.6 Å². The summed E-state index contributed by atoms with van der Waals surface area (Å²) in [5.41, 5.74) is 5.33. The van der Waals surface area contributed by atoms with Crippen molar-refractivity contribution in [1.82, 2.24) is 24.4 Å². The molecule has 1 fully saturated rings. The van der Waals surface area contributed by atoms with Crippen molar-refractivity contribution in [1.29, 1.82) is 0 Å². The molecule has 2 aromatic heterocycles. The Morgan fingerprint density at radius 3 is 2.54 bits per heavy atom. The lowest BCUT2D eigenvalue weighted by atomic mass is 10.2. The number of carbonyl (C=O) groups is 1. The van der Waals surface area contributed by atoms with Gasteiger partial charge in [-0.25, -0.2) is 4.98 Å². The largest absolute Gasteiger partial charge is 0.369 e. The van der Waals surface area contributed by atoms with Crippen LogP contribution in [0.15, 0.2) is 23.3 Å². The fraction of sp³-hybridized carbons (Fsp3) is 0.529. The van der Waals surface area contributed by atoms with Gasteiger partial charge in [0.05, 0.1) is 0 Å². The molecule has 1 saturated heterocycles. The van der Waals surface area contributed by atoms with Gasteiger partial charge in [-0.1, -0.05) is 13.8 Å². The van der Waals surface area contributed by atoms with Gasteiger partial charge in [0.15, 0.2) is 0 Å². The Kier molecular flexibility index (Phi) is 4.97. The Hall–Kier alpha value is -2.84. The number of hydrogen-bond acceptors (Lipinski definition) is 6. The number of nitrogens with one attached hydrogen (secondary N) is 1. The second-order valence-electron chi connectivity index (χ2n) is 6.82. The van der Waals surface area contributed by atoms with Gasteiger partial charge >= 0.3 is 0 Å². The first-order chi connectivity index (χ1) is 12.4. The highest BCUT2D eigenvalue weighted by atomic mass is 16.2. The molecule has 0 radical (unpaired) electrons. The van der Waals surface area contributed by atoms with Crippen LogP contribution in [0.25, 0.3) is 0 Å². The van der Waals surface area contributed by atoms with Gasteiger partial charge in [0.2, 0.25) is 11.9 Å². The van der Waals surface area contributed by atoms with E-state index in [0.717, 1.165) is 5.82 Å². The number of amides is 1. The Bertz CT molecular complexity index is 834. The molecule has 2 aromatic rings. The quantitative estimate of drug-likeness (QED) is 0.826. The van der Waals surface area contributed by atoms with E-state index >= 15 is 0 Å². The van der Waals surface area contributed by atoms with Crippen molar-refractivity contribution in [2.24, 2.45) is 0 Å². The number of aromatic nitrogens is 4. The van der Waals surface area contributed by atoms with Crippen LogP contribution in [0.3, 0.4) is 0 Å². The molecular formula is C17H25N7O2. The topological polar surface area (TPSA) is 113 Å². The van der Waals surface area contributed by atoms with E-state index in [4.69, 9.17) is 5.73 Å². The normalized spacial score (nSPS) is 16.2. The molecule has 9 heteroatoms. The number of H-pyrrole nitrogens is 1. The molecule has 9 nitrogen and oxygen atoms in total. The summed E-state index contributed by atoms with van der Waals surface area (Å²) in [4.78, 5) is 39.2. The van der Waals surface area contributed by atoms with Gasteiger partial charge in [-0.2, -0.15) is 4.98 Å². The minimum atomic E-state index is -0.296. The third-order valence-corrected chi connectivity index (χ3v) is 4.65. The summed E-state index contributed by atoms with van der Waals surface area (Å²) in [5.74, 6) is 1.88. The smallest absolute Gasteiger partial charge is 0.254 e. The monoisotopic (exact) mass is 359 g/mol. The zero-order valence-electron chi connectivity index (χ0n) is 15.3. The van der Waals surface area contributed by atoms with Gasteiger partial charge in [0, 0.05) is 50.6 Å². The lowest BCUT2D eigenvalue weighted by Gasteiger charge is -2.36. The number of hydrogen-bond donors (Lipinski definition) is 2. The van der Waals surface area contributed by atoms with Gasteiger partial charge in [-0.05, 0) is 6.92 Å². The summed E-state index contributed by atoms with van der Waals surface area (Å²) in [6, 6.07) is 1.13. The lowest BCUT2D eigenvalue weighted by molar-refractivity contribution is -0.134. The van der Waals surface area contributed by atoms with Crippen molar-refractivity contribution in [3.63, 3.8) is 0 Å². The molecule has 3 rings (SSSR count). The molecule has 0 saturated carbocycles. The van der Waals surface area contributed by atoms with Crippen molar-refractivity contribution in [2.75, 3.05) is 36.8 Å². The van der Waals surface area contributed by atoms with Gasteiger partial charge in [-0.15, -0.1) is 0 Å². The van der Waals surface area contributed by atoms with E-state index in [2.05, 4.69) is 28.8 Å². The number of nitrogens with two attached hydrogens (primary N) is 1. The highest BCUT2D eigenvalue weighted by molar-refractivity contribution is 5.80. The maximum absolute atomic E-state index is 12.9. The summed E-state index contributed by atoms with van der Waals surface area (Å²) >= 11 is 0. The van der Waals surface area contributed by atoms with Crippen LogP contribution in [-0.2, 0) is 4.79 Å². The maximum atomic E-state index is 12.9. The number of imidazole rings is 1. The molecule has 3 N–H and O–H groups in total. The van der Waals surface area contributed by atoms with Crippen LogP contribution >= 0.6 is 0 Å². The molecule has 1 atom stereocenters. The average Bonchev–Trinajstić information content (AvgIpc) is 3.10. The fourth-order valence-corrected chi connectivity index (χ4v) is 3.26. The van der Waals surface area contributed by atoms with Crippen molar-refractivity contribution in [2.45, 2.75) is 32.7 Å². The number of piperazine rings is 1. The number of nitrogens with zero attached hydrogens (tertiary/aromatic N) is 5. The van der Waals surface area contributed by atoms with Gasteiger partial charge in [-0.3, -0.25) is 14.6 Å². The molecule has 1 amide bonds. The molecule has 0 aliphatic carbocycles. The van der Waals surface area contributed by atoms with Crippen LogP contribution in [-0.4, -0.2) is 56.5 Å². The summed E-state index contributed by atoms with van der Waals surface area (Å²) < 4.78 is 1.94. The van der Waals surface area contributed by atoms with E-state index in [-0.39, 0.29) is 29.4 Å². The second-order valence-corrected chi connectivity index (χ2v) is 6.82. The standard InChI is InChI=1S/C17H25N7O2/c1-11(2)15-19-4-5-24(15)12(3)16(26)23-8-6-22(7-9-23)13-10-14(25)21-17(18)20-13/h4-5,10-12H,6-9H2,1-3H3,(H3,18,20,21,25)/t12-/m0/s1. The van der Waals surface area contributed by atoms with Gasteiger partial charge in [0.1, 0.15) is 17.7 Å². The Balaban J connectivity index is 1.66. The van der Waals surface area contributed by atoms with E-state index in [1.54, 1.807) is 6.20 Å².